The number of halogens is 2. The van der Waals surface area contributed by atoms with Gasteiger partial charge in [-0.15, -0.1) is 0 Å². The Kier molecular flexibility index (Phi) is 7.49. The second-order valence-electron chi connectivity index (χ2n) is 8.86. The maximum atomic E-state index is 14.1. The Hall–Kier alpha value is -3.36. The number of pyridine rings is 1. The Labute approximate surface area is 196 Å². The quantitative estimate of drug-likeness (QED) is 0.538. The molecule has 1 aromatic carbocycles. The average molecular weight is 472 g/mol. The van der Waals surface area contributed by atoms with Crippen LogP contribution in [0.1, 0.15) is 49.8 Å². The van der Waals surface area contributed by atoms with Gasteiger partial charge in [-0.05, 0) is 37.0 Å². The molecule has 0 unspecified atom stereocenters. The van der Waals surface area contributed by atoms with E-state index in [4.69, 9.17) is 4.74 Å². The van der Waals surface area contributed by atoms with Crippen molar-refractivity contribution >= 4 is 17.8 Å². The van der Waals surface area contributed by atoms with Crippen LogP contribution in [0.5, 0.6) is 0 Å². The van der Waals surface area contributed by atoms with Crippen molar-refractivity contribution in [1.82, 2.24) is 15.2 Å². The summed E-state index contributed by atoms with van der Waals surface area (Å²) in [7, 11) is 0. The Bertz CT molecular complexity index is 1050. The number of benzene rings is 1. The third-order valence-corrected chi connectivity index (χ3v) is 6.22. The average Bonchev–Trinajstić information content (AvgIpc) is 3.59. The second kappa shape index (κ2) is 10.7. The first-order valence-corrected chi connectivity index (χ1v) is 11.5. The van der Waals surface area contributed by atoms with E-state index in [-0.39, 0.29) is 43.4 Å². The zero-order chi connectivity index (χ0) is 24.1. The van der Waals surface area contributed by atoms with Gasteiger partial charge < -0.3 is 15.0 Å². The highest BCUT2D eigenvalue weighted by molar-refractivity contribution is 5.86. The molecule has 1 saturated heterocycles. The van der Waals surface area contributed by atoms with E-state index in [1.807, 2.05) is 0 Å². The first kappa shape index (κ1) is 23.8. The van der Waals surface area contributed by atoms with Crippen molar-refractivity contribution in [2.75, 3.05) is 0 Å². The van der Waals surface area contributed by atoms with Gasteiger partial charge in [0.05, 0.1) is 5.69 Å². The number of rotatable bonds is 10. The summed E-state index contributed by atoms with van der Waals surface area (Å²) in [4.78, 5) is 43.4. The lowest BCUT2D eigenvalue weighted by Gasteiger charge is -2.26. The highest BCUT2D eigenvalue weighted by Crippen LogP contribution is 2.34. The number of likely N-dealkylation sites (tertiary alicyclic amines) is 1. The molecular weight excluding hydrogens is 444 g/mol. The lowest BCUT2D eigenvalue weighted by Crippen LogP contribution is -2.44. The van der Waals surface area contributed by atoms with Gasteiger partial charge in [0.15, 0.2) is 11.6 Å². The van der Waals surface area contributed by atoms with Crippen molar-refractivity contribution in [1.29, 1.82) is 0 Å². The molecule has 1 aromatic heterocycles. The topological polar surface area (TPSA) is 88.6 Å². The standard InChI is InChI=1S/C25H27F2N3O4/c26-20-6-3-4-17(24(20)27)14-30-19(9-10-23(30)32)13-22(31)29-21(12-16-7-8-16)25(33)34-15-18-5-1-2-11-28-18/h1-6,11,16,19,21H,7-10,12-15H2,(H,29,31)/t19-,21-/m0/s1. The van der Waals surface area contributed by atoms with E-state index >= 15 is 0 Å². The van der Waals surface area contributed by atoms with Crippen molar-refractivity contribution < 1.29 is 27.9 Å². The summed E-state index contributed by atoms with van der Waals surface area (Å²) in [5.74, 6) is -2.73. The van der Waals surface area contributed by atoms with Crippen LogP contribution in [0.25, 0.3) is 0 Å². The number of esters is 1. The van der Waals surface area contributed by atoms with Crippen LogP contribution in [-0.4, -0.2) is 39.8 Å². The maximum absolute atomic E-state index is 14.1. The smallest absolute Gasteiger partial charge is 0.329 e. The first-order chi connectivity index (χ1) is 16.4. The van der Waals surface area contributed by atoms with Crippen LogP contribution in [0.3, 0.4) is 0 Å². The number of amides is 2. The SMILES string of the molecule is O=C(C[C@@H]1CCC(=O)N1Cc1cccc(F)c1F)N[C@@H](CC1CC1)C(=O)OCc1ccccn1. The molecule has 2 aliphatic rings. The van der Waals surface area contributed by atoms with E-state index in [1.54, 1.807) is 24.4 Å². The number of carbonyl (C=O) groups excluding carboxylic acids is 3. The molecule has 1 aliphatic heterocycles. The Balaban J connectivity index is 1.35. The highest BCUT2D eigenvalue weighted by atomic mass is 19.2. The van der Waals surface area contributed by atoms with E-state index in [9.17, 15) is 23.2 Å². The predicted octanol–water partition coefficient (Wildman–Crippen LogP) is 3.27. The van der Waals surface area contributed by atoms with Gasteiger partial charge in [0.25, 0.3) is 0 Å². The number of carbonyl (C=O) groups is 3. The molecule has 2 amide bonds. The molecule has 2 fully saturated rings. The number of hydrogen-bond acceptors (Lipinski definition) is 5. The minimum Gasteiger partial charge on any atom is -0.458 e. The Morgan fingerprint density at radius 2 is 1.97 bits per heavy atom. The molecule has 2 heterocycles. The van der Waals surface area contributed by atoms with Gasteiger partial charge in [-0.3, -0.25) is 14.6 Å². The molecular formula is C25H27F2N3O4. The van der Waals surface area contributed by atoms with Crippen LogP contribution in [0.15, 0.2) is 42.6 Å². The Morgan fingerprint density at radius 1 is 1.15 bits per heavy atom. The fraction of sp³-hybridized carbons (Fsp3) is 0.440. The van der Waals surface area contributed by atoms with E-state index in [2.05, 4.69) is 10.3 Å². The van der Waals surface area contributed by atoms with Crippen LogP contribution < -0.4 is 5.32 Å². The third-order valence-electron chi connectivity index (χ3n) is 6.22. The number of aromatic nitrogens is 1. The molecule has 1 N–H and O–H groups in total. The highest BCUT2D eigenvalue weighted by Gasteiger charge is 2.35. The van der Waals surface area contributed by atoms with Crippen LogP contribution in [-0.2, 0) is 32.3 Å². The van der Waals surface area contributed by atoms with Crippen molar-refractivity contribution in [3.63, 3.8) is 0 Å². The van der Waals surface area contributed by atoms with Gasteiger partial charge in [0.2, 0.25) is 11.8 Å². The molecule has 0 radical (unpaired) electrons. The lowest BCUT2D eigenvalue weighted by atomic mass is 10.1. The van der Waals surface area contributed by atoms with Crippen molar-refractivity contribution in [2.45, 2.75) is 63.8 Å². The maximum Gasteiger partial charge on any atom is 0.329 e. The van der Waals surface area contributed by atoms with Crippen LogP contribution in [0, 0.1) is 17.6 Å². The molecule has 4 rings (SSSR count). The largest absolute Gasteiger partial charge is 0.458 e. The number of nitrogens with zero attached hydrogens (tertiary/aromatic N) is 2. The molecule has 180 valence electrons. The van der Waals surface area contributed by atoms with E-state index in [0.717, 1.165) is 18.9 Å². The lowest BCUT2D eigenvalue weighted by molar-refractivity contribution is -0.149. The van der Waals surface area contributed by atoms with Crippen molar-refractivity contribution in [3.05, 3.63) is 65.5 Å². The molecule has 0 bridgehead atoms. The second-order valence-corrected chi connectivity index (χ2v) is 8.86. The molecule has 2 aromatic rings. The number of hydrogen-bond donors (Lipinski definition) is 1. The predicted molar refractivity (Wildman–Crippen MR) is 118 cm³/mol. The molecule has 9 heteroatoms. The fourth-order valence-corrected chi connectivity index (χ4v) is 4.17. The summed E-state index contributed by atoms with van der Waals surface area (Å²) in [5, 5.41) is 2.77. The monoisotopic (exact) mass is 471 g/mol. The van der Waals surface area contributed by atoms with E-state index < -0.39 is 29.7 Å². The molecule has 34 heavy (non-hydrogen) atoms. The molecule has 1 saturated carbocycles. The minimum absolute atomic E-state index is 0.0147. The van der Waals surface area contributed by atoms with E-state index in [1.165, 1.54) is 17.0 Å². The molecule has 0 spiro atoms. The summed E-state index contributed by atoms with van der Waals surface area (Å²) < 4.78 is 33.0. The fourth-order valence-electron chi connectivity index (χ4n) is 4.17. The van der Waals surface area contributed by atoms with Gasteiger partial charge in [0.1, 0.15) is 12.6 Å². The van der Waals surface area contributed by atoms with Crippen molar-refractivity contribution in [2.24, 2.45) is 5.92 Å². The van der Waals surface area contributed by atoms with Crippen molar-refractivity contribution in [3.8, 4) is 0 Å². The van der Waals surface area contributed by atoms with Crippen LogP contribution in [0.2, 0.25) is 0 Å². The number of nitrogens with one attached hydrogen (secondary N) is 1. The molecule has 1 aliphatic carbocycles. The summed E-state index contributed by atoms with van der Waals surface area (Å²) in [6.45, 7) is -0.0984. The zero-order valence-electron chi connectivity index (χ0n) is 18.7. The summed E-state index contributed by atoms with van der Waals surface area (Å²) in [5.41, 5.74) is 0.669. The molecule has 2 atom stereocenters. The first-order valence-electron chi connectivity index (χ1n) is 11.5. The normalized spacial score (nSPS) is 18.6. The Morgan fingerprint density at radius 3 is 2.71 bits per heavy atom. The summed E-state index contributed by atoms with van der Waals surface area (Å²) in [6.07, 6.45) is 4.74. The van der Waals surface area contributed by atoms with Gasteiger partial charge in [0, 0.05) is 37.2 Å². The zero-order valence-corrected chi connectivity index (χ0v) is 18.7. The third kappa shape index (κ3) is 6.15. The van der Waals surface area contributed by atoms with E-state index in [0.29, 0.717) is 24.5 Å². The van der Waals surface area contributed by atoms with Gasteiger partial charge >= 0.3 is 5.97 Å². The van der Waals surface area contributed by atoms with Gasteiger partial charge in [-0.25, -0.2) is 13.6 Å². The van der Waals surface area contributed by atoms with Gasteiger partial charge in [-0.2, -0.15) is 0 Å². The van der Waals surface area contributed by atoms with Crippen LogP contribution in [0.4, 0.5) is 8.78 Å². The minimum atomic E-state index is -0.995. The molecule has 7 nitrogen and oxygen atoms in total. The summed E-state index contributed by atoms with van der Waals surface area (Å²) >= 11 is 0. The van der Waals surface area contributed by atoms with Crippen LogP contribution >= 0.6 is 0 Å². The number of ether oxygens (including phenoxy) is 1. The van der Waals surface area contributed by atoms with Gasteiger partial charge in [-0.1, -0.05) is 31.0 Å². The summed E-state index contributed by atoms with van der Waals surface area (Å²) in [6, 6.07) is 7.89.